The molecule has 1 aliphatic heterocycles. The number of hydrogen-bond donors (Lipinski definition) is 1. The third-order valence-corrected chi connectivity index (χ3v) is 5.87. The number of nitrogens with one attached hydrogen (secondary N) is 1. The molecule has 4 heterocycles. The maximum absolute atomic E-state index is 12.4. The van der Waals surface area contributed by atoms with Crippen molar-refractivity contribution in [3.8, 4) is 33.5 Å². The molecule has 0 saturated heterocycles. The molecule has 1 aromatic carbocycles. The molecule has 3 aromatic heterocycles. The van der Waals surface area contributed by atoms with Crippen LogP contribution in [0, 0.1) is 0 Å². The Hall–Kier alpha value is -3.30. The largest absolute Gasteiger partial charge is 0.454 e. The Morgan fingerprint density at radius 2 is 1.97 bits per heavy atom. The summed E-state index contributed by atoms with van der Waals surface area (Å²) in [6, 6.07) is 11.3. The predicted molar refractivity (Wildman–Crippen MR) is 111 cm³/mol. The summed E-state index contributed by atoms with van der Waals surface area (Å²) in [6.45, 7) is 0.232. The molecule has 7 nitrogen and oxygen atoms in total. The zero-order chi connectivity index (χ0) is 19.6. The second-order valence-electron chi connectivity index (χ2n) is 6.19. The van der Waals surface area contributed by atoms with Gasteiger partial charge in [-0.2, -0.15) is 0 Å². The van der Waals surface area contributed by atoms with Gasteiger partial charge in [-0.25, -0.2) is 9.97 Å². The number of fused-ring (bicyclic) bond motifs is 1. The van der Waals surface area contributed by atoms with Crippen LogP contribution in [0.2, 0.25) is 0 Å². The van der Waals surface area contributed by atoms with Gasteiger partial charge in [0.05, 0.1) is 23.5 Å². The second kappa shape index (κ2) is 7.61. The number of nitrogens with zero attached hydrogens (tertiary/aromatic N) is 3. The van der Waals surface area contributed by atoms with Gasteiger partial charge in [0.1, 0.15) is 5.01 Å². The third kappa shape index (κ3) is 3.82. The molecule has 1 N–H and O–H groups in total. The number of carbonyl (C=O) groups excluding carboxylic acids is 1. The van der Waals surface area contributed by atoms with Gasteiger partial charge in [-0.05, 0) is 30.3 Å². The Bertz CT molecular complexity index is 1170. The number of hydrogen-bond acceptors (Lipinski definition) is 8. The van der Waals surface area contributed by atoms with E-state index in [2.05, 4.69) is 20.3 Å². The average molecular weight is 422 g/mol. The number of benzene rings is 1. The summed E-state index contributed by atoms with van der Waals surface area (Å²) in [5.41, 5.74) is 3.19. The maximum Gasteiger partial charge on any atom is 0.232 e. The fourth-order valence-corrected chi connectivity index (χ4v) is 4.37. The van der Waals surface area contributed by atoms with E-state index in [1.165, 1.54) is 22.7 Å². The SMILES string of the molecule is O=C(Cc1csc(-c2ccccn2)n1)Nc1nc(-c2ccc3c(c2)OCO3)cs1. The van der Waals surface area contributed by atoms with Gasteiger partial charge < -0.3 is 14.8 Å². The molecule has 4 aromatic rings. The lowest BCUT2D eigenvalue weighted by molar-refractivity contribution is -0.115. The van der Waals surface area contributed by atoms with Crippen molar-refractivity contribution in [3.05, 3.63) is 59.0 Å². The van der Waals surface area contributed by atoms with E-state index in [9.17, 15) is 4.79 Å². The number of thiazole rings is 2. The molecule has 0 fully saturated rings. The Morgan fingerprint density at radius 1 is 1.03 bits per heavy atom. The molecule has 9 heteroatoms. The van der Waals surface area contributed by atoms with Crippen molar-refractivity contribution in [2.75, 3.05) is 12.1 Å². The van der Waals surface area contributed by atoms with Gasteiger partial charge in [-0.1, -0.05) is 6.07 Å². The molecule has 29 heavy (non-hydrogen) atoms. The van der Waals surface area contributed by atoms with Crippen LogP contribution in [-0.2, 0) is 11.2 Å². The molecule has 0 saturated carbocycles. The first-order valence-corrected chi connectivity index (χ1v) is 10.5. The van der Waals surface area contributed by atoms with Gasteiger partial charge in [0, 0.05) is 22.5 Å². The number of aromatic nitrogens is 3. The van der Waals surface area contributed by atoms with E-state index in [4.69, 9.17) is 9.47 Å². The van der Waals surface area contributed by atoms with Crippen LogP contribution >= 0.6 is 22.7 Å². The number of carbonyl (C=O) groups is 1. The van der Waals surface area contributed by atoms with Gasteiger partial charge in [0.25, 0.3) is 0 Å². The van der Waals surface area contributed by atoms with Crippen LogP contribution in [0.4, 0.5) is 5.13 Å². The Labute approximate surface area is 174 Å². The molecule has 0 bridgehead atoms. The number of ether oxygens (including phenoxy) is 2. The van der Waals surface area contributed by atoms with E-state index in [1.807, 2.05) is 47.2 Å². The van der Waals surface area contributed by atoms with Crippen LogP contribution in [0.5, 0.6) is 11.5 Å². The van der Waals surface area contributed by atoms with Crippen LogP contribution < -0.4 is 14.8 Å². The summed E-state index contributed by atoms with van der Waals surface area (Å²) in [6.07, 6.45) is 1.91. The van der Waals surface area contributed by atoms with Crippen LogP contribution in [0.25, 0.3) is 22.0 Å². The zero-order valence-corrected chi connectivity index (χ0v) is 16.6. The topological polar surface area (TPSA) is 86.2 Å². The van der Waals surface area contributed by atoms with E-state index in [0.29, 0.717) is 16.6 Å². The summed E-state index contributed by atoms with van der Waals surface area (Å²) in [5, 5.41) is 7.96. The summed E-state index contributed by atoms with van der Waals surface area (Å²) in [4.78, 5) is 25.7. The highest BCUT2D eigenvalue weighted by atomic mass is 32.1. The summed E-state index contributed by atoms with van der Waals surface area (Å²) < 4.78 is 10.7. The molecular formula is C20H14N4O3S2. The van der Waals surface area contributed by atoms with Crippen molar-refractivity contribution in [3.63, 3.8) is 0 Å². The second-order valence-corrected chi connectivity index (χ2v) is 7.91. The third-order valence-electron chi connectivity index (χ3n) is 4.20. The van der Waals surface area contributed by atoms with Crippen molar-refractivity contribution in [1.82, 2.24) is 15.0 Å². The van der Waals surface area contributed by atoms with Gasteiger partial charge in [0.2, 0.25) is 12.7 Å². The van der Waals surface area contributed by atoms with E-state index in [0.717, 1.165) is 27.7 Å². The fraction of sp³-hybridized carbons (Fsp3) is 0.100. The van der Waals surface area contributed by atoms with Crippen molar-refractivity contribution in [2.24, 2.45) is 0 Å². The normalized spacial score (nSPS) is 12.1. The first-order valence-electron chi connectivity index (χ1n) is 8.76. The summed E-state index contributed by atoms with van der Waals surface area (Å²) >= 11 is 2.85. The standard InChI is InChI=1S/C20H14N4O3S2/c25-18(8-13-9-28-19(22-13)14-3-1-2-6-21-14)24-20-23-15(10-29-20)12-4-5-16-17(7-12)27-11-26-16/h1-7,9-10H,8,11H2,(H,23,24,25). The van der Waals surface area contributed by atoms with E-state index in [-0.39, 0.29) is 19.1 Å². The molecule has 1 amide bonds. The molecule has 0 radical (unpaired) electrons. The van der Waals surface area contributed by atoms with E-state index in [1.54, 1.807) is 6.20 Å². The molecule has 0 aliphatic carbocycles. The van der Waals surface area contributed by atoms with Crippen LogP contribution in [0.1, 0.15) is 5.69 Å². The number of anilines is 1. The van der Waals surface area contributed by atoms with Crippen LogP contribution in [0.15, 0.2) is 53.4 Å². The molecular weight excluding hydrogens is 408 g/mol. The van der Waals surface area contributed by atoms with Gasteiger partial charge in [0.15, 0.2) is 16.6 Å². The molecule has 1 aliphatic rings. The molecule has 0 spiro atoms. The van der Waals surface area contributed by atoms with Crippen molar-refractivity contribution in [1.29, 1.82) is 0 Å². The minimum atomic E-state index is -0.158. The fourth-order valence-electron chi connectivity index (χ4n) is 2.84. The number of rotatable bonds is 5. The highest BCUT2D eigenvalue weighted by Crippen LogP contribution is 2.36. The quantitative estimate of drug-likeness (QED) is 0.518. The number of amides is 1. The highest BCUT2D eigenvalue weighted by molar-refractivity contribution is 7.14. The molecule has 5 rings (SSSR count). The number of pyridine rings is 1. The Balaban J connectivity index is 1.24. The van der Waals surface area contributed by atoms with Crippen molar-refractivity contribution >= 4 is 33.7 Å². The van der Waals surface area contributed by atoms with Gasteiger partial charge >= 0.3 is 0 Å². The first-order chi connectivity index (χ1) is 14.2. The van der Waals surface area contributed by atoms with Gasteiger partial charge in [-0.15, -0.1) is 22.7 Å². The van der Waals surface area contributed by atoms with Crippen LogP contribution in [0.3, 0.4) is 0 Å². The summed E-state index contributed by atoms with van der Waals surface area (Å²) in [7, 11) is 0. The average Bonchev–Trinajstić information content (AvgIpc) is 3.49. The zero-order valence-electron chi connectivity index (χ0n) is 15.0. The molecule has 0 unspecified atom stereocenters. The Morgan fingerprint density at radius 3 is 2.86 bits per heavy atom. The summed E-state index contributed by atoms with van der Waals surface area (Å²) in [5.74, 6) is 1.27. The first kappa shape index (κ1) is 17.8. The molecule has 0 atom stereocenters. The van der Waals surface area contributed by atoms with Gasteiger partial charge in [-0.3, -0.25) is 9.78 Å². The van der Waals surface area contributed by atoms with Crippen molar-refractivity contribution < 1.29 is 14.3 Å². The minimum absolute atomic E-state index is 0.158. The van der Waals surface area contributed by atoms with E-state index >= 15 is 0 Å². The maximum atomic E-state index is 12.4. The lowest BCUT2D eigenvalue weighted by Gasteiger charge is -2.01. The molecule has 144 valence electrons. The smallest absolute Gasteiger partial charge is 0.232 e. The highest BCUT2D eigenvalue weighted by Gasteiger charge is 2.16. The minimum Gasteiger partial charge on any atom is -0.454 e. The van der Waals surface area contributed by atoms with E-state index < -0.39 is 0 Å². The van der Waals surface area contributed by atoms with Crippen LogP contribution in [-0.4, -0.2) is 27.7 Å². The monoisotopic (exact) mass is 422 g/mol. The lowest BCUT2D eigenvalue weighted by atomic mass is 10.1. The lowest BCUT2D eigenvalue weighted by Crippen LogP contribution is -2.14. The van der Waals surface area contributed by atoms with Crippen molar-refractivity contribution in [2.45, 2.75) is 6.42 Å². The Kier molecular flexibility index (Phi) is 4.66. The predicted octanol–water partition coefficient (Wildman–Crippen LogP) is 4.24.